The monoisotopic (exact) mass is 273 g/mol. The van der Waals surface area contributed by atoms with E-state index in [0.29, 0.717) is 16.1 Å². The smallest absolute Gasteiger partial charge is 0.406 e. The van der Waals surface area contributed by atoms with E-state index in [1.165, 1.54) is 30.5 Å². The zero-order valence-corrected chi connectivity index (χ0v) is 9.66. The number of nitrogens with zero attached hydrogens (tertiary/aromatic N) is 1. The summed E-state index contributed by atoms with van der Waals surface area (Å²) in [6.07, 6.45) is -1.66. The molecule has 18 heavy (non-hydrogen) atoms. The second-order valence-electron chi connectivity index (χ2n) is 3.43. The Morgan fingerprint density at radius 2 is 1.72 bits per heavy atom. The molecule has 94 valence electrons. The molecule has 0 saturated heterocycles. The third-order valence-corrected chi connectivity index (χ3v) is 2.47. The minimum atomic E-state index is -4.68. The van der Waals surface area contributed by atoms with Gasteiger partial charge in [0.1, 0.15) is 5.75 Å². The number of halogens is 4. The molecule has 0 spiro atoms. The summed E-state index contributed by atoms with van der Waals surface area (Å²) in [5, 5.41) is 0.432. The highest BCUT2D eigenvalue weighted by molar-refractivity contribution is 6.33. The van der Waals surface area contributed by atoms with Crippen molar-refractivity contribution in [3.05, 3.63) is 47.7 Å². The molecule has 0 radical (unpaired) electrons. The molecule has 0 amide bonds. The van der Waals surface area contributed by atoms with Crippen molar-refractivity contribution in [3.63, 3.8) is 0 Å². The molecule has 2 aromatic rings. The van der Waals surface area contributed by atoms with Gasteiger partial charge in [0.15, 0.2) is 0 Å². The first kappa shape index (κ1) is 12.7. The lowest BCUT2D eigenvalue weighted by Gasteiger charge is -2.09. The van der Waals surface area contributed by atoms with Gasteiger partial charge < -0.3 is 4.74 Å². The van der Waals surface area contributed by atoms with Crippen LogP contribution in [0.3, 0.4) is 0 Å². The van der Waals surface area contributed by atoms with Crippen molar-refractivity contribution in [2.75, 3.05) is 0 Å². The second kappa shape index (κ2) is 4.86. The van der Waals surface area contributed by atoms with Crippen molar-refractivity contribution < 1.29 is 17.9 Å². The molecule has 0 bridgehead atoms. The molecule has 0 saturated carbocycles. The molecular weight excluding hydrogens is 267 g/mol. The number of hydrogen-bond acceptors (Lipinski definition) is 2. The highest BCUT2D eigenvalue weighted by Gasteiger charge is 2.30. The molecule has 0 unspecified atom stereocenters. The molecule has 1 aromatic carbocycles. The van der Waals surface area contributed by atoms with Crippen molar-refractivity contribution in [1.29, 1.82) is 0 Å². The van der Waals surface area contributed by atoms with E-state index in [1.807, 2.05) is 0 Å². The van der Waals surface area contributed by atoms with E-state index in [-0.39, 0.29) is 5.75 Å². The average molecular weight is 274 g/mol. The number of aromatic nitrogens is 1. The van der Waals surface area contributed by atoms with Crippen LogP contribution in [0.15, 0.2) is 42.7 Å². The number of benzene rings is 1. The van der Waals surface area contributed by atoms with Gasteiger partial charge in [0, 0.05) is 18.0 Å². The van der Waals surface area contributed by atoms with Crippen LogP contribution in [-0.4, -0.2) is 11.3 Å². The maximum atomic E-state index is 12.0. The van der Waals surface area contributed by atoms with Crippen molar-refractivity contribution in [2.45, 2.75) is 6.36 Å². The van der Waals surface area contributed by atoms with Crippen LogP contribution in [0, 0.1) is 0 Å². The zero-order valence-electron chi connectivity index (χ0n) is 8.91. The molecular formula is C12H7ClF3NO. The van der Waals surface area contributed by atoms with Crippen LogP contribution in [0.1, 0.15) is 0 Å². The van der Waals surface area contributed by atoms with Gasteiger partial charge in [-0.1, -0.05) is 23.7 Å². The zero-order chi connectivity index (χ0) is 13.2. The minimum absolute atomic E-state index is 0.267. The molecule has 0 atom stereocenters. The fraction of sp³-hybridized carbons (Fsp3) is 0.0833. The Hall–Kier alpha value is -1.75. The topological polar surface area (TPSA) is 22.1 Å². The van der Waals surface area contributed by atoms with Crippen LogP contribution in [0.25, 0.3) is 11.1 Å². The van der Waals surface area contributed by atoms with Gasteiger partial charge in [0.05, 0.1) is 5.02 Å². The standard InChI is InChI=1S/C12H7ClF3NO/c13-11-7-17-6-5-10(11)8-1-3-9(4-2-8)18-12(14,15)16/h1-7H. The Balaban J connectivity index is 2.26. The first-order valence-electron chi connectivity index (χ1n) is 4.91. The fourth-order valence-electron chi connectivity index (χ4n) is 1.45. The van der Waals surface area contributed by atoms with Gasteiger partial charge in [-0.25, -0.2) is 0 Å². The highest BCUT2D eigenvalue weighted by Crippen LogP contribution is 2.29. The molecule has 0 N–H and O–H groups in total. The Morgan fingerprint density at radius 3 is 2.28 bits per heavy atom. The van der Waals surface area contributed by atoms with Gasteiger partial charge in [0.2, 0.25) is 0 Å². The van der Waals surface area contributed by atoms with E-state index in [9.17, 15) is 13.2 Å². The van der Waals surface area contributed by atoms with Gasteiger partial charge in [-0.3, -0.25) is 4.98 Å². The summed E-state index contributed by atoms with van der Waals surface area (Å²) >= 11 is 5.93. The van der Waals surface area contributed by atoms with Gasteiger partial charge in [0.25, 0.3) is 0 Å². The maximum Gasteiger partial charge on any atom is 0.573 e. The Labute approximate surface area is 106 Å². The maximum absolute atomic E-state index is 12.0. The summed E-state index contributed by atoms with van der Waals surface area (Å²) in [7, 11) is 0. The normalized spacial score (nSPS) is 11.3. The summed E-state index contributed by atoms with van der Waals surface area (Å²) in [5.74, 6) is -0.267. The fourth-order valence-corrected chi connectivity index (χ4v) is 1.67. The van der Waals surface area contributed by atoms with Gasteiger partial charge in [-0.2, -0.15) is 0 Å². The van der Waals surface area contributed by atoms with Crippen molar-refractivity contribution in [3.8, 4) is 16.9 Å². The van der Waals surface area contributed by atoms with Gasteiger partial charge in [-0.05, 0) is 23.8 Å². The number of rotatable bonds is 2. The Morgan fingerprint density at radius 1 is 1.06 bits per heavy atom. The summed E-state index contributed by atoms with van der Waals surface area (Å²) in [6, 6.07) is 7.16. The molecule has 1 aromatic heterocycles. The molecule has 0 aliphatic heterocycles. The molecule has 0 fully saturated rings. The van der Waals surface area contributed by atoms with Crippen LogP contribution in [0.5, 0.6) is 5.75 Å². The third-order valence-electron chi connectivity index (χ3n) is 2.17. The first-order valence-corrected chi connectivity index (χ1v) is 5.29. The van der Waals surface area contributed by atoms with E-state index in [4.69, 9.17) is 11.6 Å². The lowest BCUT2D eigenvalue weighted by Crippen LogP contribution is -2.16. The van der Waals surface area contributed by atoms with E-state index < -0.39 is 6.36 Å². The first-order chi connectivity index (χ1) is 8.46. The molecule has 6 heteroatoms. The lowest BCUT2D eigenvalue weighted by molar-refractivity contribution is -0.274. The largest absolute Gasteiger partial charge is 0.573 e. The number of ether oxygens (including phenoxy) is 1. The molecule has 2 nitrogen and oxygen atoms in total. The van der Waals surface area contributed by atoms with E-state index in [2.05, 4.69) is 9.72 Å². The van der Waals surface area contributed by atoms with Crippen LogP contribution in [0.4, 0.5) is 13.2 Å². The van der Waals surface area contributed by atoms with Crippen molar-refractivity contribution in [2.24, 2.45) is 0 Å². The van der Waals surface area contributed by atoms with Crippen molar-refractivity contribution >= 4 is 11.6 Å². The van der Waals surface area contributed by atoms with Crippen molar-refractivity contribution in [1.82, 2.24) is 4.98 Å². The predicted octanol–water partition coefficient (Wildman–Crippen LogP) is 4.30. The number of hydrogen-bond donors (Lipinski definition) is 0. The second-order valence-corrected chi connectivity index (χ2v) is 3.83. The van der Waals surface area contributed by atoms with Crippen LogP contribution in [0.2, 0.25) is 5.02 Å². The SMILES string of the molecule is FC(F)(F)Oc1ccc(-c2ccncc2Cl)cc1. The van der Waals surface area contributed by atoms with Crippen LogP contribution < -0.4 is 4.74 Å². The third kappa shape index (κ3) is 3.13. The van der Waals surface area contributed by atoms with E-state index in [0.717, 1.165) is 0 Å². The van der Waals surface area contributed by atoms with Gasteiger partial charge in [-0.15, -0.1) is 13.2 Å². The van der Waals surface area contributed by atoms with E-state index >= 15 is 0 Å². The lowest BCUT2D eigenvalue weighted by atomic mass is 10.1. The molecule has 0 aliphatic carbocycles. The predicted molar refractivity (Wildman–Crippen MR) is 61.4 cm³/mol. The Kier molecular flexibility index (Phi) is 3.43. The van der Waals surface area contributed by atoms with Crippen LogP contribution >= 0.6 is 11.6 Å². The summed E-state index contributed by atoms with van der Waals surface area (Å²) in [5.41, 5.74) is 1.39. The minimum Gasteiger partial charge on any atom is -0.406 e. The summed E-state index contributed by atoms with van der Waals surface area (Å²) in [6.45, 7) is 0. The summed E-state index contributed by atoms with van der Waals surface area (Å²) in [4.78, 5) is 3.83. The Bertz CT molecular complexity index is 540. The quantitative estimate of drug-likeness (QED) is 0.814. The number of alkyl halides is 3. The van der Waals surface area contributed by atoms with Crippen LogP contribution in [-0.2, 0) is 0 Å². The molecule has 1 heterocycles. The van der Waals surface area contributed by atoms with E-state index in [1.54, 1.807) is 12.3 Å². The summed E-state index contributed by atoms with van der Waals surface area (Å²) < 4.78 is 39.7. The molecule has 2 rings (SSSR count). The number of pyridine rings is 1. The molecule has 0 aliphatic rings. The van der Waals surface area contributed by atoms with Gasteiger partial charge >= 0.3 is 6.36 Å². The average Bonchev–Trinajstić information content (AvgIpc) is 2.29. The highest BCUT2D eigenvalue weighted by atomic mass is 35.5.